The van der Waals surface area contributed by atoms with Crippen molar-refractivity contribution >= 4 is 10.2 Å². The highest BCUT2D eigenvalue weighted by Gasteiger charge is 2.26. The molecule has 2 nitrogen and oxygen atoms in total. The van der Waals surface area contributed by atoms with Crippen LogP contribution in [0.15, 0.2) is 78.9 Å². The quantitative estimate of drug-likeness (QED) is 0.407. The summed E-state index contributed by atoms with van der Waals surface area (Å²) in [7, 11) is 3.96. The molecule has 143 valence electrons. The van der Waals surface area contributed by atoms with E-state index in [1.165, 1.54) is 11.1 Å². The molecule has 0 saturated heterocycles. The van der Waals surface area contributed by atoms with Crippen molar-refractivity contribution in [1.29, 1.82) is 0 Å². The molecule has 0 aromatic heterocycles. The molecule has 0 heterocycles. The Bertz CT molecular complexity index is 867. The van der Waals surface area contributed by atoms with Crippen LogP contribution in [0.2, 0.25) is 5.04 Å². The van der Waals surface area contributed by atoms with Crippen LogP contribution in [0, 0.1) is 0 Å². The SMILES string of the molecule is CCOc1ccc(C(Cc2cccc(Oc3ccccc3)c2)C(C)(C)[Si])cc1. The van der Waals surface area contributed by atoms with Gasteiger partial charge in [-0.15, -0.1) is 0 Å². The van der Waals surface area contributed by atoms with Gasteiger partial charge in [0, 0.05) is 10.2 Å². The zero-order chi connectivity index (χ0) is 20.0. The normalized spacial score (nSPS) is 12.4. The predicted octanol–water partition coefficient (Wildman–Crippen LogP) is 6.57. The van der Waals surface area contributed by atoms with Gasteiger partial charge in [0.1, 0.15) is 17.2 Å². The Kier molecular flexibility index (Phi) is 6.58. The average molecular weight is 388 g/mol. The molecule has 0 saturated carbocycles. The fourth-order valence-electron chi connectivity index (χ4n) is 3.35. The predicted molar refractivity (Wildman–Crippen MR) is 117 cm³/mol. The van der Waals surface area contributed by atoms with Crippen LogP contribution in [0.4, 0.5) is 0 Å². The van der Waals surface area contributed by atoms with E-state index >= 15 is 0 Å². The van der Waals surface area contributed by atoms with Gasteiger partial charge in [-0.05, 0) is 71.8 Å². The first kappa shape index (κ1) is 20.2. The third-order valence-electron chi connectivity index (χ3n) is 4.78. The molecular weight excluding hydrogens is 360 g/mol. The van der Waals surface area contributed by atoms with Crippen LogP contribution in [0.3, 0.4) is 0 Å². The van der Waals surface area contributed by atoms with E-state index in [2.05, 4.69) is 66.6 Å². The molecule has 3 aromatic carbocycles. The maximum absolute atomic E-state index is 6.01. The number of para-hydroxylation sites is 1. The average Bonchev–Trinajstić information content (AvgIpc) is 2.67. The van der Waals surface area contributed by atoms with E-state index in [0.29, 0.717) is 12.5 Å². The van der Waals surface area contributed by atoms with E-state index in [0.717, 1.165) is 23.7 Å². The van der Waals surface area contributed by atoms with Gasteiger partial charge >= 0.3 is 0 Å². The Balaban J connectivity index is 1.80. The minimum atomic E-state index is -0.0522. The van der Waals surface area contributed by atoms with E-state index in [1.807, 2.05) is 43.3 Å². The minimum absolute atomic E-state index is 0.0522. The van der Waals surface area contributed by atoms with Gasteiger partial charge in [0.25, 0.3) is 0 Å². The number of hydrogen-bond acceptors (Lipinski definition) is 2. The van der Waals surface area contributed by atoms with Gasteiger partial charge in [-0.25, -0.2) is 0 Å². The van der Waals surface area contributed by atoms with Crippen molar-refractivity contribution in [3.8, 4) is 17.2 Å². The van der Waals surface area contributed by atoms with Crippen LogP contribution >= 0.6 is 0 Å². The van der Waals surface area contributed by atoms with Crippen LogP contribution in [0.5, 0.6) is 17.2 Å². The van der Waals surface area contributed by atoms with E-state index < -0.39 is 0 Å². The molecule has 0 amide bonds. The Morgan fingerprint density at radius 1 is 0.821 bits per heavy atom. The van der Waals surface area contributed by atoms with Crippen molar-refractivity contribution < 1.29 is 9.47 Å². The molecule has 0 aliphatic carbocycles. The Hall–Kier alpha value is -2.52. The molecule has 3 radical (unpaired) electrons. The molecule has 0 bridgehead atoms. The topological polar surface area (TPSA) is 18.5 Å². The summed E-state index contributed by atoms with van der Waals surface area (Å²) in [6.45, 7) is 7.12. The van der Waals surface area contributed by atoms with Crippen LogP contribution < -0.4 is 9.47 Å². The second-order valence-corrected chi connectivity index (χ2v) is 8.83. The molecule has 1 unspecified atom stereocenters. The lowest BCUT2D eigenvalue weighted by molar-refractivity contribution is 0.340. The zero-order valence-electron chi connectivity index (χ0n) is 16.8. The fourth-order valence-corrected chi connectivity index (χ4v) is 3.62. The lowest BCUT2D eigenvalue weighted by atomic mass is 9.82. The summed E-state index contributed by atoms with van der Waals surface area (Å²) in [5.41, 5.74) is 2.54. The maximum Gasteiger partial charge on any atom is 0.127 e. The highest BCUT2D eigenvalue weighted by atomic mass is 28.1. The smallest absolute Gasteiger partial charge is 0.127 e. The molecule has 0 spiro atoms. The summed E-state index contributed by atoms with van der Waals surface area (Å²) in [5, 5.41) is -0.0522. The van der Waals surface area contributed by atoms with E-state index in [9.17, 15) is 0 Å². The molecule has 1 atom stereocenters. The Morgan fingerprint density at radius 3 is 2.14 bits per heavy atom. The van der Waals surface area contributed by atoms with Gasteiger partial charge in [0.05, 0.1) is 6.61 Å². The summed E-state index contributed by atoms with van der Waals surface area (Å²) in [6, 6.07) is 26.7. The second kappa shape index (κ2) is 9.11. The molecule has 0 N–H and O–H groups in total. The Morgan fingerprint density at radius 2 is 1.50 bits per heavy atom. The van der Waals surface area contributed by atoms with Crippen LogP contribution in [-0.2, 0) is 6.42 Å². The standard InChI is InChI=1S/C25H27O2Si/c1-4-26-21-15-13-20(14-16-21)24(25(2,3)28)18-19-9-8-12-23(17-19)27-22-10-6-5-7-11-22/h5-17,24H,4,18H2,1-3H3. The van der Waals surface area contributed by atoms with Gasteiger partial charge in [0.2, 0.25) is 0 Å². The number of benzene rings is 3. The fraction of sp³-hybridized carbons (Fsp3) is 0.280. The van der Waals surface area contributed by atoms with Gasteiger partial charge < -0.3 is 9.47 Å². The minimum Gasteiger partial charge on any atom is -0.494 e. The summed E-state index contributed by atoms with van der Waals surface area (Å²) in [6.07, 6.45) is 0.913. The van der Waals surface area contributed by atoms with Gasteiger partial charge in [0.15, 0.2) is 0 Å². The molecule has 3 rings (SSSR count). The van der Waals surface area contributed by atoms with Gasteiger partial charge in [-0.3, -0.25) is 0 Å². The third kappa shape index (κ3) is 5.49. The maximum atomic E-state index is 6.01. The Labute approximate surface area is 171 Å². The van der Waals surface area contributed by atoms with Crippen molar-refractivity contribution in [2.24, 2.45) is 0 Å². The molecule has 3 heteroatoms. The molecule has 0 fully saturated rings. The zero-order valence-corrected chi connectivity index (χ0v) is 17.8. The molecule has 3 aromatic rings. The summed E-state index contributed by atoms with van der Waals surface area (Å²) in [4.78, 5) is 0. The summed E-state index contributed by atoms with van der Waals surface area (Å²) in [5.74, 6) is 2.94. The van der Waals surface area contributed by atoms with Crippen molar-refractivity contribution in [3.63, 3.8) is 0 Å². The largest absolute Gasteiger partial charge is 0.494 e. The lowest BCUT2D eigenvalue weighted by Crippen LogP contribution is -2.18. The van der Waals surface area contributed by atoms with Crippen molar-refractivity contribution in [3.05, 3.63) is 90.0 Å². The number of rotatable bonds is 8. The van der Waals surface area contributed by atoms with E-state index in [4.69, 9.17) is 9.47 Å². The van der Waals surface area contributed by atoms with Crippen LogP contribution in [-0.4, -0.2) is 16.8 Å². The molecular formula is C25H27O2Si. The second-order valence-electron chi connectivity index (χ2n) is 7.54. The number of ether oxygens (including phenoxy) is 2. The first-order chi connectivity index (χ1) is 13.5. The molecule has 0 aliphatic heterocycles. The first-order valence-electron chi connectivity index (χ1n) is 9.75. The van der Waals surface area contributed by atoms with E-state index in [1.54, 1.807) is 0 Å². The van der Waals surface area contributed by atoms with Crippen LogP contribution in [0.1, 0.15) is 37.8 Å². The van der Waals surface area contributed by atoms with Gasteiger partial charge in [-0.1, -0.05) is 56.3 Å². The van der Waals surface area contributed by atoms with Crippen molar-refractivity contribution in [2.45, 2.75) is 38.1 Å². The highest BCUT2D eigenvalue weighted by molar-refractivity contribution is 6.15. The van der Waals surface area contributed by atoms with Crippen molar-refractivity contribution in [2.75, 3.05) is 6.61 Å². The summed E-state index contributed by atoms with van der Waals surface area (Å²) < 4.78 is 11.6. The van der Waals surface area contributed by atoms with Crippen molar-refractivity contribution in [1.82, 2.24) is 0 Å². The monoisotopic (exact) mass is 387 g/mol. The van der Waals surface area contributed by atoms with Gasteiger partial charge in [-0.2, -0.15) is 0 Å². The summed E-state index contributed by atoms with van der Waals surface area (Å²) >= 11 is 0. The number of hydrogen-bond donors (Lipinski definition) is 0. The lowest BCUT2D eigenvalue weighted by Gasteiger charge is -2.31. The third-order valence-corrected chi connectivity index (χ3v) is 5.13. The first-order valence-corrected chi connectivity index (χ1v) is 10.3. The van der Waals surface area contributed by atoms with Crippen LogP contribution in [0.25, 0.3) is 0 Å². The van der Waals surface area contributed by atoms with E-state index in [-0.39, 0.29) is 5.04 Å². The highest BCUT2D eigenvalue weighted by Crippen LogP contribution is 2.42. The molecule has 0 aliphatic rings. The molecule has 28 heavy (non-hydrogen) atoms.